The molecule has 0 saturated heterocycles. The Kier molecular flexibility index (Phi) is 6.34. The van der Waals surface area contributed by atoms with Crippen molar-refractivity contribution in [3.8, 4) is 0 Å². The number of nitrogens with one attached hydrogen (secondary N) is 2. The molecule has 3 atom stereocenters. The molecule has 0 aromatic carbocycles. The van der Waals surface area contributed by atoms with E-state index >= 15 is 0 Å². The minimum atomic E-state index is -0.0615. The van der Waals surface area contributed by atoms with Gasteiger partial charge in [-0.3, -0.25) is 0 Å². The van der Waals surface area contributed by atoms with Crippen LogP contribution < -0.4 is 10.6 Å². The van der Waals surface area contributed by atoms with E-state index in [1.54, 1.807) is 0 Å². The number of aliphatic hydroxyl groups is 1. The van der Waals surface area contributed by atoms with Crippen LogP contribution in [0.5, 0.6) is 0 Å². The van der Waals surface area contributed by atoms with Gasteiger partial charge in [-0.1, -0.05) is 26.7 Å². The smallest absolute Gasteiger partial charge is 0.315 e. The van der Waals surface area contributed by atoms with E-state index in [1.807, 2.05) is 6.92 Å². The van der Waals surface area contributed by atoms with Crippen LogP contribution in [0.25, 0.3) is 0 Å². The number of aliphatic hydroxyl groups excluding tert-OH is 1. The summed E-state index contributed by atoms with van der Waals surface area (Å²) in [6.45, 7) is 5.05. The number of urea groups is 1. The molecule has 3 N–H and O–H groups in total. The number of hydrogen-bond donors (Lipinski definition) is 3. The second-order valence-electron chi connectivity index (χ2n) is 5.34. The zero-order valence-corrected chi connectivity index (χ0v) is 11.0. The Balaban J connectivity index is 2.19. The van der Waals surface area contributed by atoms with Crippen LogP contribution >= 0.6 is 0 Å². The number of carbonyl (C=O) groups is 1. The predicted octanol–water partition coefficient (Wildman–Crippen LogP) is 1.88. The molecule has 0 aromatic heterocycles. The molecule has 1 aliphatic rings. The molecule has 1 saturated carbocycles. The van der Waals surface area contributed by atoms with E-state index in [-0.39, 0.29) is 12.6 Å². The SMILES string of the molecule is CC(CCO)CNC(=O)NC1CCCCC1C. The van der Waals surface area contributed by atoms with Crippen LogP contribution in [-0.2, 0) is 0 Å². The molecule has 17 heavy (non-hydrogen) atoms. The van der Waals surface area contributed by atoms with Gasteiger partial charge in [-0.2, -0.15) is 0 Å². The topological polar surface area (TPSA) is 61.4 Å². The van der Waals surface area contributed by atoms with Gasteiger partial charge in [0.2, 0.25) is 0 Å². The van der Waals surface area contributed by atoms with E-state index in [4.69, 9.17) is 5.11 Å². The van der Waals surface area contributed by atoms with E-state index in [0.29, 0.717) is 24.4 Å². The van der Waals surface area contributed by atoms with Gasteiger partial charge in [0.1, 0.15) is 0 Å². The second-order valence-corrected chi connectivity index (χ2v) is 5.34. The van der Waals surface area contributed by atoms with Gasteiger partial charge < -0.3 is 15.7 Å². The largest absolute Gasteiger partial charge is 0.396 e. The average Bonchev–Trinajstić information content (AvgIpc) is 2.30. The normalized spacial score (nSPS) is 26.3. The number of rotatable bonds is 5. The fourth-order valence-electron chi connectivity index (χ4n) is 2.34. The van der Waals surface area contributed by atoms with E-state index in [0.717, 1.165) is 12.8 Å². The maximum absolute atomic E-state index is 11.7. The zero-order chi connectivity index (χ0) is 12.7. The lowest BCUT2D eigenvalue weighted by Gasteiger charge is -2.29. The van der Waals surface area contributed by atoms with Crippen LogP contribution in [0.1, 0.15) is 46.0 Å². The lowest BCUT2D eigenvalue weighted by atomic mass is 9.86. The highest BCUT2D eigenvalue weighted by Crippen LogP contribution is 2.23. The average molecular weight is 242 g/mol. The first-order valence-corrected chi connectivity index (χ1v) is 6.78. The van der Waals surface area contributed by atoms with Gasteiger partial charge in [-0.15, -0.1) is 0 Å². The molecule has 100 valence electrons. The summed E-state index contributed by atoms with van der Waals surface area (Å²) in [5.74, 6) is 0.916. The number of amides is 2. The third kappa shape index (κ3) is 5.39. The number of hydrogen-bond acceptors (Lipinski definition) is 2. The molecule has 4 heteroatoms. The summed E-state index contributed by atoms with van der Waals surface area (Å²) in [5.41, 5.74) is 0. The number of carbonyl (C=O) groups excluding carboxylic acids is 1. The van der Waals surface area contributed by atoms with Gasteiger partial charge in [0.05, 0.1) is 0 Å². The van der Waals surface area contributed by atoms with Gasteiger partial charge in [-0.25, -0.2) is 4.79 Å². The van der Waals surface area contributed by atoms with Crippen LogP contribution in [0.2, 0.25) is 0 Å². The van der Waals surface area contributed by atoms with Crippen molar-refractivity contribution >= 4 is 6.03 Å². The summed E-state index contributed by atoms with van der Waals surface area (Å²) in [6, 6.07) is 0.269. The fraction of sp³-hybridized carbons (Fsp3) is 0.923. The van der Waals surface area contributed by atoms with Gasteiger partial charge in [-0.05, 0) is 31.1 Å². The van der Waals surface area contributed by atoms with Crippen LogP contribution in [0.4, 0.5) is 4.79 Å². The molecule has 0 aromatic rings. The molecule has 3 unspecified atom stereocenters. The molecular formula is C13H26N2O2. The molecule has 1 aliphatic carbocycles. The van der Waals surface area contributed by atoms with Gasteiger partial charge in [0, 0.05) is 19.2 Å². The van der Waals surface area contributed by atoms with Gasteiger partial charge in [0.15, 0.2) is 0 Å². The van der Waals surface area contributed by atoms with Crippen LogP contribution in [0, 0.1) is 11.8 Å². The molecule has 1 fully saturated rings. The third-order valence-electron chi connectivity index (χ3n) is 3.66. The Morgan fingerprint density at radius 1 is 1.41 bits per heavy atom. The molecule has 2 amide bonds. The molecule has 4 nitrogen and oxygen atoms in total. The first-order valence-electron chi connectivity index (χ1n) is 6.78. The summed E-state index contributed by atoms with van der Waals surface area (Å²) in [6.07, 6.45) is 5.55. The Hall–Kier alpha value is -0.770. The maximum Gasteiger partial charge on any atom is 0.315 e. The Labute approximate surface area is 104 Å². The van der Waals surface area contributed by atoms with E-state index < -0.39 is 0 Å². The molecule has 0 radical (unpaired) electrons. The van der Waals surface area contributed by atoms with Crippen molar-refractivity contribution in [1.82, 2.24) is 10.6 Å². The second kappa shape index (κ2) is 7.54. The van der Waals surface area contributed by atoms with E-state index in [1.165, 1.54) is 19.3 Å². The lowest BCUT2D eigenvalue weighted by Crippen LogP contribution is -2.47. The van der Waals surface area contributed by atoms with Crippen molar-refractivity contribution in [2.45, 2.75) is 52.0 Å². The first kappa shape index (κ1) is 14.3. The monoisotopic (exact) mass is 242 g/mol. The zero-order valence-electron chi connectivity index (χ0n) is 11.0. The Morgan fingerprint density at radius 2 is 2.12 bits per heavy atom. The minimum absolute atomic E-state index is 0.0615. The van der Waals surface area contributed by atoms with Crippen molar-refractivity contribution in [2.24, 2.45) is 11.8 Å². The van der Waals surface area contributed by atoms with Crippen molar-refractivity contribution in [3.05, 3.63) is 0 Å². The van der Waals surface area contributed by atoms with Crippen LogP contribution in [0.3, 0.4) is 0 Å². The summed E-state index contributed by atoms with van der Waals surface area (Å²) in [7, 11) is 0. The highest BCUT2D eigenvalue weighted by Gasteiger charge is 2.22. The predicted molar refractivity (Wildman–Crippen MR) is 68.8 cm³/mol. The molecular weight excluding hydrogens is 216 g/mol. The molecule has 0 aliphatic heterocycles. The molecule has 0 bridgehead atoms. The van der Waals surface area contributed by atoms with Crippen molar-refractivity contribution in [3.63, 3.8) is 0 Å². The lowest BCUT2D eigenvalue weighted by molar-refractivity contribution is 0.217. The van der Waals surface area contributed by atoms with Gasteiger partial charge in [0.25, 0.3) is 0 Å². The Bertz CT molecular complexity index is 233. The van der Waals surface area contributed by atoms with Crippen LogP contribution in [0.15, 0.2) is 0 Å². The molecule has 0 heterocycles. The summed E-state index contributed by atoms with van der Waals surface area (Å²) >= 11 is 0. The molecule has 1 rings (SSSR count). The first-order chi connectivity index (χ1) is 8.13. The Morgan fingerprint density at radius 3 is 2.76 bits per heavy atom. The third-order valence-corrected chi connectivity index (χ3v) is 3.66. The summed E-state index contributed by atoms with van der Waals surface area (Å²) < 4.78 is 0. The standard InChI is InChI=1S/C13H26N2O2/c1-10(7-8-16)9-14-13(17)15-12-6-4-3-5-11(12)2/h10-12,16H,3-9H2,1-2H3,(H2,14,15,17). The van der Waals surface area contributed by atoms with E-state index in [2.05, 4.69) is 17.6 Å². The van der Waals surface area contributed by atoms with Crippen molar-refractivity contribution in [1.29, 1.82) is 0 Å². The van der Waals surface area contributed by atoms with Crippen LogP contribution in [-0.4, -0.2) is 30.3 Å². The van der Waals surface area contributed by atoms with Gasteiger partial charge >= 0.3 is 6.03 Å². The minimum Gasteiger partial charge on any atom is -0.396 e. The van der Waals surface area contributed by atoms with Crippen molar-refractivity contribution < 1.29 is 9.90 Å². The molecule has 0 spiro atoms. The summed E-state index contributed by atoms with van der Waals surface area (Å²) in [4.78, 5) is 11.7. The fourth-order valence-corrected chi connectivity index (χ4v) is 2.34. The van der Waals surface area contributed by atoms with Crippen molar-refractivity contribution in [2.75, 3.05) is 13.2 Å². The highest BCUT2D eigenvalue weighted by atomic mass is 16.3. The highest BCUT2D eigenvalue weighted by molar-refractivity contribution is 5.74. The summed E-state index contributed by atoms with van der Waals surface area (Å²) in [5, 5.41) is 14.7. The van der Waals surface area contributed by atoms with E-state index in [9.17, 15) is 4.79 Å². The maximum atomic E-state index is 11.7. The quantitative estimate of drug-likeness (QED) is 0.689.